The molecule has 0 aromatic heterocycles. The van der Waals surface area contributed by atoms with Crippen molar-refractivity contribution in [3.8, 4) is 0 Å². The van der Waals surface area contributed by atoms with Crippen LogP contribution in [0.2, 0.25) is 5.02 Å². The molecule has 0 bridgehead atoms. The number of benzene rings is 1. The van der Waals surface area contributed by atoms with E-state index in [1.54, 1.807) is 0 Å². The van der Waals surface area contributed by atoms with Crippen molar-refractivity contribution >= 4 is 23.2 Å². The molecule has 0 saturated carbocycles. The minimum absolute atomic E-state index is 0.0474. The fourth-order valence-electron chi connectivity index (χ4n) is 2.56. The van der Waals surface area contributed by atoms with Gasteiger partial charge in [0.25, 0.3) is 0 Å². The van der Waals surface area contributed by atoms with Crippen molar-refractivity contribution in [1.29, 1.82) is 0 Å². The number of anilines is 1. The second kappa shape index (κ2) is 3.75. The van der Waals surface area contributed by atoms with E-state index < -0.39 is 0 Å². The van der Waals surface area contributed by atoms with E-state index in [1.807, 2.05) is 18.2 Å². The Bertz CT molecular complexity index is 447. The van der Waals surface area contributed by atoms with Crippen molar-refractivity contribution in [2.24, 2.45) is 0 Å². The second-order valence-electron chi connectivity index (χ2n) is 4.42. The van der Waals surface area contributed by atoms with Gasteiger partial charge >= 0.3 is 0 Å². The van der Waals surface area contributed by atoms with Gasteiger partial charge in [0, 0.05) is 17.3 Å². The first-order chi connectivity index (χ1) is 7.74. The molecule has 1 saturated heterocycles. The predicted molar refractivity (Wildman–Crippen MR) is 63.5 cm³/mol. The van der Waals surface area contributed by atoms with E-state index in [2.05, 4.69) is 10.2 Å². The van der Waals surface area contributed by atoms with Crippen LogP contribution in [0.4, 0.5) is 5.69 Å². The largest absolute Gasteiger partial charge is 0.324 e. The van der Waals surface area contributed by atoms with E-state index in [0.29, 0.717) is 0 Å². The molecule has 3 nitrogen and oxygen atoms in total. The third-order valence-corrected chi connectivity index (χ3v) is 3.60. The Morgan fingerprint density at radius 3 is 3.19 bits per heavy atom. The number of carbonyl (C=O) groups is 1. The van der Waals surface area contributed by atoms with Gasteiger partial charge in [0.15, 0.2) is 0 Å². The minimum atomic E-state index is 0.0474. The van der Waals surface area contributed by atoms with Gasteiger partial charge in [0.2, 0.25) is 5.91 Å². The zero-order valence-corrected chi connectivity index (χ0v) is 9.63. The fourth-order valence-corrected chi connectivity index (χ4v) is 2.76. The molecule has 1 unspecified atom stereocenters. The zero-order valence-electron chi connectivity index (χ0n) is 8.87. The van der Waals surface area contributed by atoms with Crippen LogP contribution >= 0.6 is 11.6 Å². The molecule has 84 valence electrons. The van der Waals surface area contributed by atoms with Gasteiger partial charge in [-0.1, -0.05) is 11.6 Å². The molecule has 1 aromatic carbocycles. The standard InChI is InChI=1S/C12H13ClN2O/c13-9-3-4-10-8(6-9)7-15-5-1-2-11(15)12(16)14-10/h3-4,6,11H,1-2,5,7H2,(H,14,16). The Labute approximate surface area is 99.4 Å². The molecule has 0 spiro atoms. The maximum Gasteiger partial charge on any atom is 0.241 e. The molecule has 1 aromatic rings. The summed E-state index contributed by atoms with van der Waals surface area (Å²) in [5, 5.41) is 3.71. The van der Waals surface area contributed by atoms with Crippen LogP contribution in [-0.2, 0) is 11.3 Å². The molecule has 2 heterocycles. The normalized spacial score (nSPS) is 24.6. The van der Waals surface area contributed by atoms with Crippen LogP contribution in [0, 0.1) is 0 Å². The molecular formula is C12H13ClN2O. The van der Waals surface area contributed by atoms with Gasteiger partial charge in [-0.2, -0.15) is 0 Å². The highest BCUT2D eigenvalue weighted by atomic mass is 35.5. The molecule has 2 aliphatic rings. The predicted octanol–water partition coefficient (Wildman–Crippen LogP) is 2.26. The van der Waals surface area contributed by atoms with Crippen LogP contribution in [0.5, 0.6) is 0 Å². The summed E-state index contributed by atoms with van der Waals surface area (Å²) >= 11 is 5.98. The van der Waals surface area contributed by atoms with Gasteiger partial charge in [-0.15, -0.1) is 0 Å². The number of hydrogen-bond acceptors (Lipinski definition) is 2. The van der Waals surface area contributed by atoms with Gasteiger partial charge in [-0.3, -0.25) is 9.69 Å². The van der Waals surface area contributed by atoms with Gasteiger partial charge in [0.1, 0.15) is 0 Å². The summed E-state index contributed by atoms with van der Waals surface area (Å²) in [6, 6.07) is 5.69. The first kappa shape index (κ1) is 10.1. The maximum atomic E-state index is 12.0. The highest BCUT2D eigenvalue weighted by Crippen LogP contribution is 2.30. The number of rotatable bonds is 0. The number of hydrogen-bond donors (Lipinski definition) is 1. The summed E-state index contributed by atoms with van der Waals surface area (Å²) in [5.74, 6) is 0.124. The van der Waals surface area contributed by atoms with E-state index in [1.165, 1.54) is 0 Å². The molecule has 4 heteroatoms. The van der Waals surface area contributed by atoms with Gasteiger partial charge in [-0.25, -0.2) is 0 Å². The van der Waals surface area contributed by atoms with E-state index in [9.17, 15) is 4.79 Å². The van der Waals surface area contributed by atoms with Crippen molar-refractivity contribution in [3.05, 3.63) is 28.8 Å². The topological polar surface area (TPSA) is 32.3 Å². The molecule has 1 fully saturated rings. The van der Waals surface area contributed by atoms with E-state index in [0.717, 1.165) is 42.2 Å². The van der Waals surface area contributed by atoms with Crippen molar-refractivity contribution in [2.75, 3.05) is 11.9 Å². The highest BCUT2D eigenvalue weighted by molar-refractivity contribution is 6.30. The summed E-state index contributed by atoms with van der Waals surface area (Å²) in [5.41, 5.74) is 2.02. The van der Waals surface area contributed by atoms with E-state index in [4.69, 9.17) is 11.6 Å². The van der Waals surface area contributed by atoms with Crippen molar-refractivity contribution in [1.82, 2.24) is 4.90 Å². The molecular weight excluding hydrogens is 224 g/mol. The summed E-state index contributed by atoms with van der Waals surface area (Å²) in [4.78, 5) is 14.2. The highest BCUT2D eigenvalue weighted by Gasteiger charge is 2.33. The number of nitrogens with one attached hydrogen (secondary N) is 1. The van der Waals surface area contributed by atoms with Crippen molar-refractivity contribution in [3.63, 3.8) is 0 Å². The van der Waals surface area contributed by atoms with Crippen LogP contribution in [0.25, 0.3) is 0 Å². The molecule has 16 heavy (non-hydrogen) atoms. The second-order valence-corrected chi connectivity index (χ2v) is 4.86. The van der Waals surface area contributed by atoms with Gasteiger partial charge in [-0.05, 0) is 43.1 Å². The third-order valence-electron chi connectivity index (χ3n) is 3.36. The number of carbonyl (C=O) groups excluding carboxylic acids is 1. The lowest BCUT2D eigenvalue weighted by Gasteiger charge is -2.19. The lowest BCUT2D eigenvalue weighted by molar-refractivity contribution is -0.120. The van der Waals surface area contributed by atoms with Crippen molar-refractivity contribution in [2.45, 2.75) is 25.4 Å². The Balaban J connectivity index is 2.01. The van der Waals surface area contributed by atoms with Crippen LogP contribution in [0.15, 0.2) is 18.2 Å². The van der Waals surface area contributed by atoms with E-state index >= 15 is 0 Å². The molecule has 1 amide bonds. The smallest absolute Gasteiger partial charge is 0.241 e. The SMILES string of the molecule is O=C1Nc2ccc(Cl)cc2CN2CCCC12. The maximum absolute atomic E-state index is 12.0. The molecule has 0 aliphatic carbocycles. The fraction of sp³-hybridized carbons (Fsp3) is 0.417. The van der Waals surface area contributed by atoms with Crippen LogP contribution in [0.1, 0.15) is 18.4 Å². The summed E-state index contributed by atoms with van der Waals surface area (Å²) in [6.07, 6.45) is 2.07. The molecule has 2 aliphatic heterocycles. The quantitative estimate of drug-likeness (QED) is 0.750. The molecule has 0 radical (unpaired) electrons. The number of fused-ring (bicyclic) bond motifs is 2. The van der Waals surface area contributed by atoms with Crippen molar-refractivity contribution < 1.29 is 4.79 Å². The Morgan fingerprint density at radius 1 is 1.44 bits per heavy atom. The monoisotopic (exact) mass is 236 g/mol. The first-order valence-corrected chi connectivity index (χ1v) is 5.95. The van der Waals surface area contributed by atoms with Gasteiger partial charge < -0.3 is 5.32 Å². The van der Waals surface area contributed by atoms with Crippen LogP contribution in [-0.4, -0.2) is 23.4 Å². The van der Waals surface area contributed by atoms with E-state index in [-0.39, 0.29) is 11.9 Å². The lowest BCUT2D eigenvalue weighted by Crippen LogP contribution is -2.36. The Hall–Kier alpha value is -1.06. The number of halogens is 1. The van der Waals surface area contributed by atoms with Crippen LogP contribution < -0.4 is 5.32 Å². The molecule has 1 atom stereocenters. The number of amides is 1. The number of nitrogens with zero attached hydrogens (tertiary/aromatic N) is 1. The molecule has 3 rings (SSSR count). The Kier molecular flexibility index (Phi) is 2.37. The lowest BCUT2D eigenvalue weighted by atomic mass is 10.1. The first-order valence-electron chi connectivity index (χ1n) is 5.57. The average molecular weight is 237 g/mol. The van der Waals surface area contributed by atoms with Gasteiger partial charge in [0.05, 0.1) is 6.04 Å². The zero-order chi connectivity index (χ0) is 11.1. The Morgan fingerprint density at radius 2 is 2.31 bits per heavy atom. The summed E-state index contributed by atoms with van der Waals surface area (Å²) in [6.45, 7) is 1.82. The van der Waals surface area contributed by atoms with Crippen LogP contribution in [0.3, 0.4) is 0 Å². The summed E-state index contributed by atoms with van der Waals surface area (Å²) < 4.78 is 0. The minimum Gasteiger partial charge on any atom is -0.324 e. The molecule has 1 N–H and O–H groups in total. The summed E-state index contributed by atoms with van der Waals surface area (Å²) in [7, 11) is 0. The average Bonchev–Trinajstić information content (AvgIpc) is 2.65. The third kappa shape index (κ3) is 1.60.